The molecule has 0 atom stereocenters. The van der Waals surface area contributed by atoms with Gasteiger partial charge >= 0.3 is 0 Å². The fourth-order valence-corrected chi connectivity index (χ4v) is 3.45. The molecule has 0 unspecified atom stereocenters. The lowest BCUT2D eigenvalue weighted by atomic mass is 9.88. The first-order valence-electron chi connectivity index (χ1n) is 7.43. The number of aryl methyl sites for hydroxylation is 1. The normalized spacial score (nSPS) is 18.7. The van der Waals surface area contributed by atoms with Crippen molar-refractivity contribution in [3.63, 3.8) is 0 Å². The Balaban J connectivity index is 1.97. The van der Waals surface area contributed by atoms with Crippen LogP contribution in [0.1, 0.15) is 62.3 Å². The van der Waals surface area contributed by atoms with E-state index in [-0.39, 0.29) is 0 Å². The summed E-state index contributed by atoms with van der Waals surface area (Å²) in [5, 5.41) is 2.87. The Morgan fingerprint density at radius 1 is 0.889 bits per heavy atom. The molecule has 1 aliphatic rings. The van der Waals surface area contributed by atoms with Crippen LogP contribution < -0.4 is 0 Å². The van der Waals surface area contributed by atoms with Gasteiger partial charge in [0, 0.05) is 22.2 Å². The molecule has 1 heterocycles. The van der Waals surface area contributed by atoms with E-state index in [1.165, 1.54) is 67.1 Å². The quantitative estimate of drug-likeness (QED) is 0.697. The summed E-state index contributed by atoms with van der Waals surface area (Å²) in [5.41, 5.74) is 2.84. The summed E-state index contributed by atoms with van der Waals surface area (Å²) in [4.78, 5) is 3.67. The number of fused-ring (bicyclic) bond motifs is 1. The maximum atomic E-state index is 3.67. The van der Waals surface area contributed by atoms with Crippen LogP contribution in [-0.4, -0.2) is 4.98 Å². The predicted molar refractivity (Wildman–Crippen MR) is 78.1 cm³/mol. The van der Waals surface area contributed by atoms with E-state index in [9.17, 15) is 0 Å². The van der Waals surface area contributed by atoms with Gasteiger partial charge in [-0.05, 0) is 25.7 Å². The molecular weight excluding hydrogens is 218 g/mol. The van der Waals surface area contributed by atoms with E-state index < -0.39 is 0 Å². The van der Waals surface area contributed by atoms with Crippen LogP contribution in [0.5, 0.6) is 0 Å². The summed E-state index contributed by atoms with van der Waals surface area (Å²) in [6.45, 7) is 2.20. The summed E-state index contributed by atoms with van der Waals surface area (Å²) in [6.07, 6.45) is 9.82. The molecule has 2 aromatic rings. The maximum Gasteiger partial charge on any atom is 0.0260 e. The molecule has 1 heteroatoms. The molecule has 3 rings (SSSR count). The number of hydrogen-bond acceptors (Lipinski definition) is 0. The standard InChI is InChI=1S/C17H23N/c1-13-15-11-7-8-12-16(15)17(18-13)14-9-5-3-2-4-6-10-14/h7-8,11-12,14,18H,2-6,9-10H2,1H3. The number of nitrogens with one attached hydrogen (secondary N) is 1. The zero-order valence-corrected chi connectivity index (χ0v) is 11.3. The summed E-state index contributed by atoms with van der Waals surface area (Å²) in [5.74, 6) is 0.754. The van der Waals surface area contributed by atoms with E-state index in [0.29, 0.717) is 0 Å². The number of H-pyrrole nitrogens is 1. The monoisotopic (exact) mass is 241 g/mol. The second-order valence-electron chi connectivity index (χ2n) is 5.75. The van der Waals surface area contributed by atoms with Crippen molar-refractivity contribution < 1.29 is 0 Å². The van der Waals surface area contributed by atoms with Crippen LogP contribution in [0, 0.1) is 6.92 Å². The van der Waals surface area contributed by atoms with E-state index in [2.05, 4.69) is 36.2 Å². The lowest BCUT2D eigenvalue weighted by Crippen LogP contribution is -2.03. The molecule has 0 bridgehead atoms. The third kappa shape index (κ3) is 2.19. The second kappa shape index (κ2) is 5.17. The van der Waals surface area contributed by atoms with Crippen molar-refractivity contribution in [2.75, 3.05) is 0 Å². The average molecular weight is 241 g/mol. The molecule has 1 aliphatic carbocycles. The van der Waals surface area contributed by atoms with Crippen LogP contribution in [0.4, 0.5) is 0 Å². The third-order valence-electron chi connectivity index (χ3n) is 4.46. The Bertz CT molecular complexity index is 515. The number of aromatic nitrogens is 1. The van der Waals surface area contributed by atoms with Crippen LogP contribution in [-0.2, 0) is 0 Å². The average Bonchev–Trinajstić information content (AvgIpc) is 2.67. The summed E-state index contributed by atoms with van der Waals surface area (Å²) in [7, 11) is 0. The van der Waals surface area contributed by atoms with Crippen LogP contribution in [0.3, 0.4) is 0 Å². The fraction of sp³-hybridized carbons (Fsp3) is 0.529. The first kappa shape index (κ1) is 11.8. The Kier molecular flexibility index (Phi) is 3.40. The zero-order chi connectivity index (χ0) is 12.4. The molecule has 0 spiro atoms. The summed E-state index contributed by atoms with van der Waals surface area (Å²) < 4.78 is 0. The highest BCUT2D eigenvalue weighted by Gasteiger charge is 2.18. The minimum atomic E-state index is 0.754. The molecule has 18 heavy (non-hydrogen) atoms. The van der Waals surface area contributed by atoms with Gasteiger partial charge < -0.3 is 4.98 Å². The van der Waals surface area contributed by atoms with Gasteiger partial charge in [0.05, 0.1) is 0 Å². The molecular formula is C17H23N. The fourth-order valence-electron chi connectivity index (χ4n) is 3.45. The third-order valence-corrected chi connectivity index (χ3v) is 4.46. The minimum absolute atomic E-state index is 0.754. The number of aromatic amines is 1. The van der Waals surface area contributed by atoms with Gasteiger partial charge in [0.15, 0.2) is 0 Å². The Hall–Kier alpha value is -1.24. The van der Waals surface area contributed by atoms with Gasteiger partial charge in [-0.2, -0.15) is 0 Å². The molecule has 1 nitrogen and oxygen atoms in total. The van der Waals surface area contributed by atoms with Crippen LogP contribution >= 0.6 is 0 Å². The van der Waals surface area contributed by atoms with Gasteiger partial charge in [-0.1, -0.05) is 56.4 Å². The minimum Gasteiger partial charge on any atom is -0.361 e. The molecule has 1 saturated carbocycles. The van der Waals surface area contributed by atoms with Gasteiger partial charge in [0.2, 0.25) is 0 Å². The smallest absolute Gasteiger partial charge is 0.0260 e. The molecule has 0 aliphatic heterocycles. The number of hydrogen-bond donors (Lipinski definition) is 1. The predicted octanol–water partition coefficient (Wildman–Crippen LogP) is 5.30. The molecule has 1 aromatic carbocycles. The zero-order valence-electron chi connectivity index (χ0n) is 11.3. The Labute approximate surface area is 110 Å². The molecule has 96 valence electrons. The first-order chi connectivity index (χ1) is 8.86. The van der Waals surface area contributed by atoms with Crippen molar-refractivity contribution in [1.82, 2.24) is 4.98 Å². The highest BCUT2D eigenvalue weighted by atomic mass is 14.7. The summed E-state index contributed by atoms with van der Waals surface area (Å²) in [6, 6.07) is 8.84. The molecule has 0 radical (unpaired) electrons. The maximum absolute atomic E-state index is 3.67. The van der Waals surface area contributed by atoms with Crippen LogP contribution in [0.25, 0.3) is 10.8 Å². The Morgan fingerprint density at radius 2 is 1.50 bits per heavy atom. The van der Waals surface area contributed by atoms with Gasteiger partial charge in [-0.25, -0.2) is 0 Å². The second-order valence-corrected chi connectivity index (χ2v) is 5.75. The van der Waals surface area contributed by atoms with Crippen molar-refractivity contribution >= 4 is 10.8 Å². The van der Waals surface area contributed by atoms with Gasteiger partial charge in [0.25, 0.3) is 0 Å². The van der Waals surface area contributed by atoms with Crippen LogP contribution in [0.2, 0.25) is 0 Å². The molecule has 1 aromatic heterocycles. The highest BCUT2D eigenvalue weighted by Crippen LogP contribution is 2.35. The number of rotatable bonds is 1. The lowest BCUT2D eigenvalue weighted by Gasteiger charge is -2.19. The molecule has 0 amide bonds. The highest BCUT2D eigenvalue weighted by molar-refractivity contribution is 5.88. The van der Waals surface area contributed by atoms with Gasteiger partial charge in [-0.3, -0.25) is 0 Å². The van der Waals surface area contributed by atoms with E-state index in [0.717, 1.165) is 5.92 Å². The van der Waals surface area contributed by atoms with Gasteiger partial charge in [-0.15, -0.1) is 0 Å². The number of benzene rings is 1. The topological polar surface area (TPSA) is 15.8 Å². The van der Waals surface area contributed by atoms with Crippen molar-refractivity contribution in [2.24, 2.45) is 0 Å². The largest absolute Gasteiger partial charge is 0.361 e. The van der Waals surface area contributed by atoms with Crippen molar-refractivity contribution in [1.29, 1.82) is 0 Å². The van der Waals surface area contributed by atoms with Crippen LogP contribution in [0.15, 0.2) is 24.3 Å². The van der Waals surface area contributed by atoms with Crippen molar-refractivity contribution in [3.05, 3.63) is 35.7 Å². The van der Waals surface area contributed by atoms with Gasteiger partial charge in [0.1, 0.15) is 0 Å². The van der Waals surface area contributed by atoms with E-state index >= 15 is 0 Å². The molecule has 0 saturated heterocycles. The van der Waals surface area contributed by atoms with Crippen molar-refractivity contribution in [3.8, 4) is 0 Å². The van der Waals surface area contributed by atoms with Crippen molar-refractivity contribution in [2.45, 2.75) is 57.8 Å². The lowest BCUT2D eigenvalue weighted by molar-refractivity contribution is 0.452. The Morgan fingerprint density at radius 3 is 2.22 bits per heavy atom. The first-order valence-corrected chi connectivity index (χ1v) is 7.43. The summed E-state index contributed by atoms with van der Waals surface area (Å²) >= 11 is 0. The van der Waals surface area contributed by atoms with E-state index in [1.54, 1.807) is 0 Å². The SMILES string of the molecule is Cc1[nH]c(C2CCCCCCC2)c2ccccc12. The molecule has 1 N–H and O–H groups in total. The van der Waals surface area contributed by atoms with E-state index in [4.69, 9.17) is 0 Å². The van der Waals surface area contributed by atoms with E-state index in [1.807, 2.05) is 0 Å². The molecule has 1 fully saturated rings.